The number of rotatable bonds is 2. The molecule has 0 aliphatic carbocycles. The van der Waals surface area contributed by atoms with Crippen LogP contribution in [0.5, 0.6) is 0 Å². The molecule has 2 aromatic rings. The lowest BCUT2D eigenvalue weighted by Gasteiger charge is -2.36. The molecule has 0 nitrogen and oxygen atoms in total. The van der Waals surface area contributed by atoms with E-state index in [1.807, 2.05) is 0 Å². The molecule has 1 fully saturated rings. The Bertz CT molecular complexity index is 442. The monoisotopic (exact) mass is 251 g/mol. The van der Waals surface area contributed by atoms with Crippen LogP contribution in [-0.4, -0.2) is 8.07 Å². The van der Waals surface area contributed by atoms with E-state index in [2.05, 4.69) is 67.1 Å². The van der Waals surface area contributed by atoms with Gasteiger partial charge in [-0.15, -0.1) is 0 Å². The first-order chi connectivity index (χ1) is 8.92. The van der Waals surface area contributed by atoms with Gasteiger partial charge in [0, 0.05) is 0 Å². The summed E-state index contributed by atoms with van der Waals surface area (Å²) in [7, 11) is -1.47. The van der Waals surface area contributed by atoms with Gasteiger partial charge < -0.3 is 0 Å². The van der Waals surface area contributed by atoms with Gasteiger partial charge >= 0.3 is 0 Å². The van der Waals surface area contributed by atoms with Crippen LogP contribution < -0.4 is 10.4 Å². The Morgan fingerprint density at radius 2 is 1.06 bits per heavy atom. The normalized spacial score (nSPS) is 18.4. The summed E-state index contributed by atoms with van der Waals surface area (Å²) in [4.78, 5) is 0. The molecule has 0 atom stereocenters. The molecule has 1 heteroatoms. The molecule has 0 N–H and O–H groups in total. The van der Waals surface area contributed by atoms with Gasteiger partial charge in [0.05, 0.1) is 0 Å². The molecule has 91 valence electrons. The molecule has 3 rings (SSSR count). The minimum atomic E-state index is -1.47. The minimum absolute atomic E-state index is 1.29. The van der Waals surface area contributed by atoms with E-state index in [4.69, 9.17) is 0 Å². The molecule has 0 aromatic heterocycles. The zero-order valence-electron chi connectivity index (χ0n) is 10.7. The smallest absolute Gasteiger partial charge is 0.0626 e. The van der Waals surface area contributed by atoms with E-state index < -0.39 is 8.07 Å². The van der Waals surface area contributed by atoms with E-state index in [1.165, 1.54) is 24.9 Å². The number of hydrogen-bond donors (Lipinski definition) is 0. The Labute approximate surface area is 111 Å². The lowest BCUT2D eigenvalue weighted by atomic mass is 10.3. The van der Waals surface area contributed by atoms with Crippen LogP contribution in [-0.2, 0) is 0 Å². The van der Waals surface area contributed by atoms with Gasteiger partial charge in [-0.3, -0.25) is 0 Å². The summed E-state index contributed by atoms with van der Waals surface area (Å²) < 4.78 is 0. The van der Waals surface area contributed by atoms with Crippen LogP contribution in [0.25, 0.3) is 0 Å². The molecule has 2 aromatic carbocycles. The SMILES string of the molecule is [CH]1CC[Si](c2ccccc2)(c2ccccc2)CC1. The number of hydrogen-bond acceptors (Lipinski definition) is 0. The van der Waals surface area contributed by atoms with Crippen LogP contribution in [0.2, 0.25) is 12.1 Å². The molecule has 1 aliphatic heterocycles. The van der Waals surface area contributed by atoms with E-state index >= 15 is 0 Å². The van der Waals surface area contributed by atoms with Crippen molar-refractivity contribution in [2.24, 2.45) is 0 Å². The van der Waals surface area contributed by atoms with Gasteiger partial charge in [0.25, 0.3) is 0 Å². The second-order valence-corrected chi connectivity index (χ2v) is 9.50. The minimum Gasteiger partial charge on any atom is -0.0626 e. The molecular weight excluding hydrogens is 232 g/mol. The molecule has 1 radical (unpaired) electrons. The molecule has 0 spiro atoms. The molecular formula is C17H19Si. The van der Waals surface area contributed by atoms with Gasteiger partial charge in [-0.25, -0.2) is 0 Å². The zero-order valence-corrected chi connectivity index (χ0v) is 11.7. The molecule has 0 saturated carbocycles. The highest BCUT2D eigenvalue weighted by Gasteiger charge is 2.37. The van der Waals surface area contributed by atoms with Gasteiger partial charge in [0.15, 0.2) is 0 Å². The van der Waals surface area contributed by atoms with Crippen LogP contribution in [0, 0.1) is 6.42 Å². The first-order valence-corrected chi connectivity index (χ1v) is 9.26. The van der Waals surface area contributed by atoms with Crippen molar-refractivity contribution in [3.63, 3.8) is 0 Å². The summed E-state index contributed by atoms with van der Waals surface area (Å²) in [5.74, 6) is 0. The quantitative estimate of drug-likeness (QED) is 0.719. The van der Waals surface area contributed by atoms with Crippen molar-refractivity contribution in [3.05, 3.63) is 67.1 Å². The summed E-state index contributed by atoms with van der Waals surface area (Å²) in [6.07, 6.45) is 5.04. The Morgan fingerprint density at radius 1 is 0.611 bits per heavy atom. The highest BCUT2D eigenvalue weighted by atomic mass is 28.3. The molecule has 0 amide bonds. The predicted molar refractivity (Wildman–Crippen MR) is 81.1 cm³/mol. The fraction of sp³-hybridized carbons (Fsp3) is 0.235. The average Bonchev–Trinajstić information content (AvgIpc) is 2.50. The van der Waals surface area contributed by atoms with Crippen molar-refractivity contribution < 1.29 is 0 Å². The van der Waals surface area contributed by atoms with Crippen LogP contribution in [0.15, 0.2) is 60.7 Å². The second kappa shape index (κ2) is 5.11. The summed E-state index contributed by atoms with van der Waals surface area (Å²) >= 11 is 0. The first-order valence-electron chi connectivity index (χ1n) is 6.84. The largest absolute Gasteiger partial charge is 0.118 e. The van der Waals surface area contributed by atoms with Gasteiger partial charge in [-0.05, 0) is 18.5 Å². The molecule has 1 aliphatic rings. The van der Waals surface area contributed by atoms with Crippen molar-refractivity contribution in [1.82, 2.24) is 0 Å². The maximum atomic E-state index is 2.47. The maximum absolute atomic E-state index is 2.47. The van der Waals surface area contributed by atoms with E-state index in [0.717, 1.165) is 0 Å². The van der Waals surface area contributed by atoms with Crippen LogP contribution in [0.3, 0.4) is 0 Å². The third kappa shape index (κ3) is 2.03. The van der Waals surface area contributed by atoms with Crippen molar-refractivity contribution in [2.75, 3.05) is 0 Å². The predicted octanol–water partition coefficient (Wildman–Crippen LogP) is 3.25. The third-order valence-electron chi connectivity index (χ3n) is 4.20. The van der Waals surface area contributed by atoms with Crippen molar-refractivity contribution in [1.29, 1.82) is 0 Å². The summed E-state index contributed by atoms with van der Waals surface area (Å²) in [5, 5.41) is 3.23. The highest BCUT2D eigenvalue weighted by Crippen LogP contribution is 2.27. The van der Waals surface area contributed by atoms with E-state index in [1.54, 1.807) is 10.4 Å². The van der Waals surface area contributed by atoms with Gasteiger partial charge in [0.2, 0.25) is 0 Å². The zero-order chi connectivity index (χ0) is 12.3. The van der Waals surface area contributed by atoms with E-state index in [0.29, 0.717) is 0 Å². The van der Waals surface area contributed by atoms with Crippen LogP contribution >= 0.6 is 0 Å². The fourth-order valence-corrected chi connectivity index (χ4v) is 8.02. The second-order valence-electron chi connectivity index (χ2n) is 5.18. The molecule has 1 heterocycles. The van der Waals surface area contributed by atoms with Gasteiger partial charge in [-0.1, -0.05) is 83.9 Å². The van der Waals surface area contributed by atoms with E-state index in [9.17, 15) is 0 Å². The third-order valence-corrected chi connectivity index (χ3v) is 9.36. The lowest BCUT2D eigenvalue weighted by Crippen LogP contribution is -2.59. The number of benzene rings is 2. The van der Waals surface area contributed by atoms with Gasteiger partial charge in [0.1, 0.15) is 8.07 Å². The van der Waals surface area contributed by atoms with Crippen LogP contribution in [0.1, 0.15) is 12.8 Å². The highest BCUT2D eigenvalue weighted by molar-refractivity contribution is 7.02. The van der Waals surface area contributed by atoms with Crippen molar-refractivity contribution in [3.8, 4) is 0 Å². The topological polar surface area (TPSA) is 0 Å². The summed E-state index contributed by atoms with van der Waals surface area (Å²) in [6.45, 7) is 0. The van der Waals surface area contributed by atoms with Gasteiger partial charge in [-0.2, -0.15) is 0 Å². The maximum Gasteiger partial charge on any atom is 0.118 e. The Balaban J connectivity index is 2.10. The van der Waals surface area contributed by atoms with E-state index in [-0.39, 0.29) is 0 Å². The summed E-state index contributed by atoms with van der Waals surface area (Å²) in [5.41, 5.74) is 0. The Morgan fingerprint density at radius 3 is 1.50 bits per heavy atom. The Hall–Kier alpha value is -1.34. The van der Waals surface area contributed by atoms with Crippen molar-refractivity contribution in [2.45, 2.75) is 24.9 Å². The Kier molecular flexibility index (Phi) is 3.33. The summed E-state index contributed by atoms with van der Waals surface area (Å²) in [6, 6.07) is 25.2. The molecule has 0 unspecified atom stereocenters. The molecule has 1 saturated heterocycles. The fourth-order valence-electron chi connectivity index (χ4n) is 3.22. The standard InChI is InChI=1S/C17H19Si/c1-4-10-16(11-5-1)18(14-8-3-9-15-18)17-12-6-2-7-13-17/h1-7,10-13H,8-9,14-15H2. The molecule has 0 bridgehead atoms. The van der Waals surface area contributed by atoms with Crippen molar-refractivity contribution >= 4 is 18.4 Å². The lowest BCUT2D eigenvalue weighted by molar-refractivity contribution is 0.891. The molecule has 18 heavy (non-hydrogen) atoms. The first kappa shape index (κ1) is 11.7. The van der Waals surface area contributed by atoms with Crippen LogP contribution in [0.4, 0.5) is 0 Å². The average molecular weight is 251 g/mol.